The second-order valence-electron chi connectivity index (χ2n) is 8.65. The zero-order valence-corrected chi connectivity index (χ0v) is 20.1. The van der Waals surface area contributed by atoms with Gasteiger partial charge in [-0.15, -0.1) is 5.10 Å². The van der Waals surface area contributed by atoms with Crippen molar-refractivity contribution in [1.82, 2.24) is 39.3 Å². The summed E-state index contributed by atoms with van der Waals surface area (Å²) in [4.78, 5) is 22.9. The minimum absolute atomic E-state index is 0.577. The molecule has 0 saturated carbocycles. The molecule has 7 aromatic rings. The zero-order chi connectivity index (χ0) is 25.3. The summed E-state index contributed by atoms with van der Waals surface area (Å²) in [5, 5.41) is 6.00. The first-order valence-electron chi connectivity index (χ1n) is 12.1. The number of aromatic nitrogens is 8. The van der Waals surface area contributed by atoms with Crippen LogP contribution in [0, 0.1) is 0 Å². The lowest BCUT2D eigenvalue weighted by molar-refractivity contribution is 0.884. The smallest absolute Gasteiger partial charge is 0.183 e. The highest BCUT2D eigenvalue weighted by atomic mass is 15.4. The number of hydrogen-bond acceptors (Lipinski definition) is 6. The van der Waals surface area contributed by atoms with Crippen molar-refractivity contribution in [1.29, 1.82) is 0 Å². The van der Waals surface area contributed by atoms with Crippen LogP contribution in [0.25, 0.3) is 56.6 Å². The molecule has 0 atom stereocenters. The molecule has 7 rings (SSSR count). The molecule has 0 bridgehead atoms. The molecular formula is C30H20N8. The highest BCUT2D eigenvalue weighted by molar-refractivity contribution is 5.78. The molecule has 0 aliphatic heterocycles. The van der Waals surface area contributed by atoms with Crippen LogP contribution in [0.2, 0.25) is 0 Å². The molecule has 0 saturated heterocycles. The Bertz CT molecular complexity index is 1860. The number of fused-ring (bicyclic) bond motifs is 1. The third kappa shape index (κ3) is 3.81. The highest BCUT2D eigenvalue weighted by Crippen LogP contribution is 2.30. The molecule has 8 nitrogen and oxygen atoms in total. The van der Waals surface area contributed by atoms with Crippen LogP contribution in [0.5, 0.6) is 0 Å². The molecule has 0 aliphatic rings. The first kappa shape index (κ1) is 21.8. The lowest BCUT2D eigenvalue weighted by Gasteiger charge is -2.11. The van der Waals surface area contributed by atoms with Gasteiger partial charge in [0.1, 0.15) is 11.3 Å². The van der Waals surface area contributed by atoms with Gasteiger partial charge in [-0.2, -0.15) is 0 Å². The number of hydrogen-bond donors (Lipinski definition) is 0. The van der Waals surface area contributed by atoms with Gasteiger partial charge in [0.15, 0.2) is 11.6 Å². The third-order valence-corrected chi connectivity index (χ3v) is 6.30. The van der Waals surface area contributed by atoms with E-state index in [-0.39, 0.29) is 0 Å². The van der Waals surface area contributed by atoms with Crippen LogP contribution >= 0.6 is 0 Å². The van der Waals surface area contributed by atoms with Crippen LogP contribution in [-0.2, 0) is 0 Å². The first-order chi connectivity index (χ1) is 18.8. The van der Waals surface area contributed by atoms with Crippen molar-refractivity contribution < 1.29 is 0 Å². The average molecular weight is 493 g/mol. The van der Waals surface area contributed by atoms with Gasteiger partial charge in [0.05, 0.1) is 11.4 Å². The molecule has 0 aliphatic carbocycles. The van der Waals surface area contributed by atoms with E-state index in [1.165, 1.54) is 0 Å². The summed E-state index contributed by atoms with van der Waals surface area (Å²) < 4.78 is 3.91. The van der Waals surface area contributed by atoms with Crippen LogP contribution < -0.4 is 0 Å². The quantitative estimate of drug-likeness (QED) is 0.302. The van der Waals surface area contributed by atoms with Crippen LogP contribution in [0.15, 0.2) is 122 Å². The van der Waals surface area contributed by atoms with E-state index in [0.717, 1.165) is 44.9 Å². The average Bonchev–Trinajstić information content (AvgIpc) is 3.64. The molecule has 0 fully saturated rings. The van der Waals surface area contributed by atoms with Gasteiger partial charge in [-0.3, -0.25) is 15.0 Å². The van der Waals surface area contributed by atoms with E-state index < -0.39 is 0 Å². The Hall–Kier alpha value is -5.50. The molecule has 0 N–H and O–H groups in total. The Kier molecular flexibility index (Phi) is 5.26. The summed E-state index contributed by atoms with van der Waals surface area (Å²) in [6, 6.07) is 27.8. The van der Waals surface area contributed by atoms with Gasteiger partial charge in [-0.05, 0) is 78.9 Å². The monoisotopic (exact) mass is 492 g/mol. The predicted octanol–water partition coefficient (Wildman–Crippen LogP) is 5.79. The van der Waals surface area contributed by atoms with Gasteiger partial charge in [-0.25, -0.2) is 14.6 Å². The lowest BCUT2D eigenvalue weighted by Crippen LogP contribution is -2.04. The molecule has 0 spiro atoms. The van der Waals surface area contributed by atoms with E-state index in [9.17, 15) is 0 Å². The van der Waals surface area contributed by atoms with Crippen LogP contribution in [0.3, 0.4) is 0 Å². The molecular weight excluding hydrogens is 472 g/mol. The molecule has 0 amide bonds. The topological polar surface area (TPSA) is 87.2 Å². The SMILES string of the molecule is c1ccc(-c2ncccc2-n2nc(-c3cccnc3)nc2-c2ccc(-n3ccc4cccnc43)cc2)nc1. The number of nitrogens with zero attached hydrogens (tertiary/aromatic N) is 8. The van der Waals surface area contributed by atoms with Crippen molar-refractivity contribution in [3.8, 4) is 45.5 Å². The summed E-state index contributed by atoms with van der Waals surface area (Å²) in [5.74, 6) is 1.27. The molecule has 6 heterocycles. The van der Waals surface area contributed by atoms with Crippen molar-refractivity contribution in [2.75, 3.05) is 0 Å². The van der Waals surface area contributed by atoms with Gasteiger partial charge in [0.25, 0.3) is 0 Å². The van der Waals surface area contributed by atoms with Crippen LogP contribution in [0.1, 0.15) is 0 Å². The number of pyridine rings is 4. The predicted molar refractivity (Wildman–Crippen MR) is 146 cm³/mol. The van der Waals surface area contributed by atoms with Crippen molar-refractivity contribution in [2.45, 2.75) is 0 Å². The summed E-state index contributed by atoms with van der Waals surface area (Å²) in [7, 11) is 0. The minimum atomic E-state index is 0.577. The highest BCUT2D eigenvalue weighted by Gasteiger charge is 2.19. The van der Waals surface area contributed by atoms with Crippen molar-refractivity contribution in [2.24, 2.45) is 0 Å². The molecule has 38 heavy (non-hydrogen) atoms. The first-order valence-corrected chi connectivity index (χ1v) is 12.1. The maximum Gasteiger partial charge on any atom is 0.183 e. The van der Waals surface area contributed by atoms with E-state index in [1.807, 2.05) is 65.6 Å². The Labute approximate surface area is 218 Å². The van der Waals surface area contributed by atoms with E-state index in [1.54, 1.807) is 24.8 Å². The maximum absolute atomic E-state index is 4.95. The van der Waals surface area contributed by atoms with E-state index >= 15 is 0 Å². The number of rotatable bonds is 5. The van der Waals surface area contributed by atoms with E-state index in [0.29, 0.717) is 11.6 Å². The van der Waals surface area contributed by atoms with Crippen molar-refractivity contribution in [3.05, 3.63) is 122 Å². The Morgan fingerprint density at radius 3 is 2.32 bits per heavy atom. The Morgan fingerprint density at radius 1 is 0.632 bits per heavy atom. The lowest BCUT2D eigenvalue weighted by atomic mass is 10.1. The fourth-order valence-corrected chi connectivity index (χ4v) is 4.50. The normalized spacial score (nSPS) is 11.2. The largest absolute Gasteiger partial charge is 0.301 e. The molecule has 8 heteroatoms. The second kappa shape index (κ2) is 9.18. The van der Waals surface area contributed by atoms with Gasteiger partial charge >= 0.3 is 0 Å². The molecule has 0 unspecified atom stereocenters. The van der Waals surface area contributed by atoms with Crippen LogP contribution in [0.4, 0.5) is 0 Å². The molecule has 1 aromatic carbocycles. The van der Waals surface area contributed by atoms with Gasteiger partial charge in [0.2, 0.25) is 0 Å². The minimum Gasteiger partial charge on any atom is -0.301 e. The zero-order valence-electron chi connectivity index (χ0n) is 20.1. The fourth-order valence-electron chi connectivity index (χ4n) is 4.50. The maximum atomic E-state index is 4.95. The molecule has 6 aromatic heterocycles. The standard InChI is InChI=1S/C30H20N8/c1-2-16-32-25(8-1)27-26(9-5-17-33-27)38-30(35-28(36-38)23-7-3-15-31-20-23)22-10-12-24(13-11-22)37-19-14-21-6-4-18-34-29(21)37/h1-20H. The number of benzene rings is 1. The fraction of sp³-hybridized carbons (Fsp3) is 0. The van der Waals surface area contributed by atoms with Gasteiger partial charge in [0, 0.05) is 59.4 Å². The van der Waals surface area contributed by atoms with Crippen LogP contribution in [-0.4, -0.2) is 39.3 Å². The summed E-state index contributed by atoms with van der Waals surface area (Å²) >= 11 is 0. The van der Waals surface area contributed by atoms with E-state index in [2.05, 4.69) is 60.9 Å². The molecule has 0 radical (unpaired) electrons. The summed E-state index contributed by atoms with van der Waals surface area (Å²) in [6.45, 7) is 0. The Balaban J connectivity index is 1.38. The van der Waals surface area contributed by atoms with E-state index in [4.69, 9.17) is 10.1 Å². The van der Waals surface area contributed by atoms with Crippen molar-refractivity contribution in [3.63, 3.8) is 0 Å². The molecule has 180 valence electrons. The van der Waals surface area contributed by atoms with Gasteiger partial charge in [-0.1, -0.05) is 6.07 Å². The summed E-state index contributed by atoms with van der Waals surface area (Å²) in [5.41, 5.74) is 5.94. The Morgan fingerprint density at radius 2 is 1.47 bits per heavy atom. The van der Waals surface area contributed by atoms with Gasteiger partial charge < -0.3 is 4.57 Å². The second-order valence-corrected chi connectivity index (χ2v) is 8.65. The summed E-state index contributed by atoms with van der Waals surface area (Å²) in [6.07, 6.45) is 10.9. The third-order valence-electron chi connectivity index (χ3n) is 6.30. The van der Waals surface area contributed by atoms with Crippen molar-refractivity contribution >= 4 is 11.0 Å².